The van der Waals surface area contributed by atoms with Gasteiger partial charge in [-0.3, -0.25) is 9.59 Å². The van der Waals surface area contributed by atoms with E-state index in [1.165, 1.54) is 0 Å². The van der Waals surface area contributed by atoms with Crippen LogP contribution in [0.25, 0.3) is 0 Å². The first-order chi connectivity index (χ1) is 11.5. The number of carbonyl (C=O) groups excluding carboxylic acids is 2. The van der Waals surface area contributed by atoms with Crippen molar-refractivity contribution in [2.24, 2.45) is 0 Å². The molecule has 1 heterocycles. The third kappa shape index (κ3) is 3.68. The second-order valence-electron chi connectivity index (χ2n) is 5.33. The van der Waals surface area contributed by atoms with Gasteiger partial charge in [-0.1, -0.05) is 0 Å². The van der Waals surface area contributed by atoms with Gasteiger partial charge in [0.2, 0.25) is 5.91 Å². The normalized spacial score (nSPS) is 13.0. The van der Waals surface area contributed by atoms with Gasteiger partial charge < -0.3 is 15.4 Å². The monoisotopic (exact) mass is 332 g/mol. The van der Waals surface area contributed by atoms with E-state index in [9.17, 15) is 18.4 Å². The number of amides is 2. The van der Waals surface area contributed by atoms with E-state index < -0.39 is 24.1 Å². The molecule has 2 N–H and O–H groups in total. The molecular weight excluding hydrogens is 318 g/mol. The summed E-state index contributed by atoms with van der Waals surface area (Å²) in [6.45, 7) is -0.450. The lowest BCUT2D eigenvalue weighted by atomic mass is 10.0. The molecule has 1 aliphatic heterocycles. The van der Waals surface area contributed by atoms with Crippen molar-refractivity contribution >= 4 is 23.2 Å². The maximum absolute atomic E-state index is 13.4. The predicted octanol–water partition coefficient (Wildman–Crippen LogP) is 2.87. The van der Waals surface area contributed by atoms with Crippen molar-refractivity contribution in [2.75, 3.05) is 17.2 Å². The zero-order chi connectivity index (χ0) is 17.1. The molecule has 0 saturated carbocycles. The zero-order valence-electron chi connectivity index (χ0n) is 12.6. The highest BCUT2D eigenvalue weighted by atomic mass is 19.1. The van der Waals surface area contributed by atoms with Crippen LogP contribution in [0.3, 0.4) is 0 Å². The third-order valence-electron chi connectivity index (χ3n) is 3.54. The second kappa shape index (κ2) is 6.66. The van der Waals surface area contributed by atoms with Crippen LogP contribution >= 0.6 is 0 Å². The van der Waals surface area contributed by atoms with Crippen molar-refractivity contribution < 1.29 is 23.1 Å². The third-order valence-corrected chi connectivity index (χ3v) is 3.54. The van der Waals surface area contributed by atoms with Crippen LogP contribution in [0.1, 0.15) is 12.0 Å². The fourth-order valence-electron chi connectivity index (χ4n) is 2.39. The zero-order valence-corrected chi connectivity index (χ0v) is 12.6. The number of anilines is 2. The lowest BCUT2D eigenvalue weighted by Crippen LogP contribution is -2.22. The minimum atomic E-state index is -0.742. The number of benzene rings is 2. The van der Waals surface area contributed by atoms with Gasteiger partial charge in [-0.15, -0.1) is 0 Å². The van der Waals surface area contributed by atoms with Crippen molar-refractivity contribution in [1.82, 2.24) is 0 Å². The molecule has 7 heteroatoms. The quantitative estimate of drug-likeness (QED) is 0.905. The molecule has 2 aromatic rings. The smallest absolute Gasteiger partial charge is 0.262 e. The van der Waals surface area contributed by atoms with Gasteiger partial charge in [-0.05, 0) is 42.3 Å². The summed E-state index contributed by atoms with van der Waals surface area (Å²) in [6.07, 6.45) is 0.988. The summed E-state index contributed by atoms with van der Waals surface area (Å²) in [5.74, 6) is -2.25. The number of halogens is 2. The maximum atomic E-state index is 13.4. The molecule has 124 valence electrons. The van der Waals surface area contributed by atoms with Crippen LogP contribution in [0, 0.1) is 11.6 Å². The molecule has 2 aromatic carbocycles. The van der Waals surface area contributed by atoms with E-state index in [0.717, 1.165) is 29.4 Å². The van der Waals surface area contributed by atoms with Gasteiger partial charge in [0.05, 0.1) is 0 Å². The molecule has 5 nitrogen and oxygen atoms in total. The standard InChI is InChI=1S/C17H14F2N2O3/c18-11-2-4-13(19)15(8-11)24-9-17(23)20-12-3-5-14-10(7-12)1-6-16(22)21-14/h2-5,7-8H,1,6,9H2,(H,20,23)(H,21,22). The molecule has 1 aliphatic rings. The van der Waals surface area contributed by atoms with E-state index in [2.05, 4.69) is 10.6 Å². The van der Waals surface area contributed by atoms with Gasteiger partial charge in [0.1, 0.15) is 5.82 Å². The van der Waals surface area contributed by atoms with Crippen LogP contribution < -0.4 is 15.4 Å². The van der Waals surface area contributed by atoms with E-state index in [0.29, 0.717) is 18.5 Å². The Bertz CT molecular complexity index is 808. The molecule has 0 fully saturated rings. The van der Waals surface area contributed by atoms with Crippen LogP contribution in [-0.4, -0.2) is 18.4 Å². The lowest BCUT2D eigenvalue weighted by molar-refractivity contribution is -0.118. The van der Waals surface area contributed by atoms with Crippen molar-refractivity contribution in [1.29, 1.82) is 0 Å². The highest BCUT2D eigenvalue weighted by Crippen LogP contribution is 2.25. The first kappa shape index (κ1) is 15.9. The van der Waals surface area contributed by atoms with Gasteiger partial charge in [-0.2, -0.15) is 0 Å². The van der Waals surface area contributed by atoms with Gasteiger partial charge in [0.15, 0.2) is 18.2 Å². The molecule has 0 saturated heterocycles. The van der Waals surface area contributed by atoms with Crippen molar-refractivity contribution in [3.8, 4) is 5.75 Å². The summed E-state index contributed by atoms with van der Waals surface area (Å²) in [4.78, 5) is 23.2. The summed E-state index contributed by atoms with van der Waals surface area (Å²) in [5.41, 5.74) is 2.19. The molecule has 0 atom stereocenters. The molecule has 2 amide bonds. The lowest BCUT2D eigenvalue weighted by Gasteiger charge is -2.17. The molecule has 0 aliphatic carbocycles. The Labute approximate surface area is 136 Å². The fourth-order valence-corrected chi connectivity index (χ4v) is 2.39. The van der Waals surface area contributed by atoms with E-state index in [-0.39, 0.29) is 11.7 Å². The van der Waals surface area contributed by atoms with Crippen LogP contribution in [0.15, 0.2) is 36.4 Å². The highest BCUT2D eigenvalue weighted by Gasteiger charge is 2.15. The number of hydrogen-bond donors (Lipinski definition) is 2. The maximum Gasteiger partial charge on any atom is 0.262 e. The van der Waals surface area contributed by atoms with Gasteiger partial charge in [0, 0.05) is 23.9 Å². The Kier molecular flexibility index (Phi) is 4.41. The Hall–Kier alpha value is -2.96. The molecule has 24 heavy (non-hydrogen) atoms. The largest absolute Gasteiger partial charge is 0.481 e. The minimum absolute atomic E-state index is 0.0372. The molecular formula is C17H14F2N2O3. The van der Waals surface area contributed by atoms with Crippen molar-refractivity contribution in [2.45, 2.75) is 12.8 Å². The number of ether oxygens (including phenoxy) is 1. The van der Waals surface area contributed by atoms with Crippen LogP contribution in [0.5, 0.6) is 5.75 Å². The average molecular weight is 332 g/mol. The molecule has 3 rings (SSSR count). The topological polar surface area (TPSA) is 67.4 Å². The molecule has 0 aromatic heterocycles. The second-order valence-corrected chi connectivity index (χ2v) is 5.33. The molecule has 0 bridgehead atoms. The Morgan fingerprint density at radius 3 is 2.83 bits per heavy atom. The Morgan fingerprint density at radius 2 is 2.00 bits per heavy atom. The molecule has 0 radical (unpaired) electrons. The van der Waals surface area contributed by atoms with Crippen molar-refractivity contribution in [3.05, 3.63) is 53.6 Å². The first-order valence-corrected chi connectivity index (χ1v) is 7.32. The molecule has 0 unspecified atom stereocenters. The Morgan fingerprint density at radius 1 is 1.17 bits per heavy atom. The van der Waals surface area contributed by atoms with E-state index in [1.807, 2.05) is 0 Å². The summed E-state index contributed by atoms with van der Waals surface area (Å²) >= 11 is 0. The number of aryl methyl sites for hydroxylation is 1. The predicted molar refractivity (Wildman–Crippen MR) is 83.9 cm³/mol. The number of rotatable bonds is 4. The average Bonchev–Trinajstić information content (AvgIpc) is 2.56. The number of hydrogen-bond acceptors (Lipinski definition) is 3. The molecule has 0 spiro atoms. The minimum Gasteiger partial charge on any atom is -0.481 e. The van der Waals surface area contributed by atoms with Crippen LogP contribution in [-0.2, 0) is 16.0 Å². The fraction of sp³-hybridized carbons (Fsp3) is 0.176. The van der Waals surface area contributed by atoms with Gasteiger partial charge in [-0.25, -0.2) is 8.78 Å². The first-order valence-electron chi connectivity index (χ1n) is 7.32. The Balaban J connectivity index is 1.61. The number of carbonyl (C=O) groups is 2. The SMILES string of the molecule is O=C(COc1cc(F)ccc1F)Nc1ccc2c(c1)CCC(=O)N2. The van der Waals surface area contributed by atoms with E-state index in [1.54, 1.807) is 18.2 Å². The number of fused-ring (bicyclic) bond motifs is 1. The van der Waals surface area contributed by atoms with Crippen LogP contribution in [0.2, 0.25) is 0 Å². The summed E-state index contributed by atoms with van der Waals surface area (Å²) in [6, 6.07) is 7.88. The van der Waals surface area contributed by atoms with E-state index in [4.69, 9.17) is 4.74 Å². The summed E-state index contributed by atoms with van der Waals surface area (Å²) in [7, 11) is 0. The van der Waals surface area contributed by atoms with Gasteiger partial charge >= 0.3 is 0 Å². The van der Waals surface area contributed by atoms with Crippen molar-refractivity contribution in [3.63, 3.8) is 0 Å². The summed E-state index contributed by atoms with van der Waals surface area (Å²) in [5, 5.41) is 5.36. The van der Waals surface area contributed by atoms with E-state index >= 15 is 0 Å². The summed E-state index contributed by atoms with van der Waals surface area (Å²) < 4.78 is 31.4. The number of nitrogens with one attached hydrogen (secondary N) is 2. The highest BCUT2D eigenvalue weighted by molar-refractivity contribution is 5.96. The van der Waals surface area contributed by atoms with Crippen LogP contribution in [0.4, 0.5) is 20.2 Å². The van der Waals surface area contributed by atoms with Gasteiger partial charge in [0.25, 0.3) is 5.91 Å².